The highest BCUT2D eigenvalue weighted by molar-refractivity contribution is 8.00. The van der Waals surface area contributed by atoms with Gasteiger partial charge in [0, 0.05) is 16.7 Å². The number of nitro groups is 1. The van der Waals surface area contributed by atoms with Gasteiger partial charge in [0.25, 0.3) is 5.69 Å². The van der Waals surface area contributed by atoms with Crippen molar-refractivity contribution in [2.75, 3.05) is 5.75 Å². The largest absolute Gasteiger partial charge is 0.366 e. The summed E-state index contributed by atoms with van der Waals surface area (Å²) in [5.74, 6) is -0.564. The predicted octanol–water partition coefficient (Wildman–Crippen LogP) is 4.10. The van der Waals surface area contributed by atoms with Crippen molar-refractivity contribution in [2.45, 2.75) is 30.2 Å². The molecule has 1 saturated carbocycles. The molecule has 7 nitrogen and oxygen atoms in total. The van der Waals surface area contributed by atoms with E-state index in [1.54, 1.807) is 12.1 Å². The van der Waals surface area contributed by atoms with Gasteiger partial charge in [-0.15, -0.1) is 11.8 Å². The van der Waals surface area contributed by atoms with Gasteiger partial charge in [0.15, 0.2) is 0 Å². The topological polar surface area (TPSA) is 115 Å². The van der Waals surface area contributed by atoms with Crippen LogP contribution < -0.4 is 11.1 Å². The number of primary amides is 1. The molecule has 2 amide bonds. The summed E-state index contributed by atoms with van der Waals surface area (Å²) in [6.45, 7) is 0. The first kappa shape index (κ1) is 21.1. The zero-order chi connectivity index (χ0) is 21.0. The van der Waals surface area contributed by atoms with Gasteiger partial charge in [0.05, 0.1) is 21.6 Å². The van der Waals surface area contributed by atoms with Crippen LogP contribution in [-0.2, 0) is 4.79 Å². The second-order valence-electron chi connectivity index (χ2n) is 6.88. The number of benzene rings is 2. The van der Waals surface area contributed by atoms with Crippen molar-refractivity contribution in [3.63, 3.8) is 0 Å². The molecular weight excluding hydrogens is 414 g/mol. The van der Waals surface area contributed by atoms with Crippen LogP contribution in [0.3, 0.4) is 0 Å². The Balaban J connectivity index is 1.68. The van der Waals surface area contributed by atoms with Crippen LogP contribution in [0, 0.1) is 16.0 Å². The molecule has 1 atom stereocenters. The van der Waals surface area contributed by atoms with Crippen LogP contribution in [0.5, 0.6) is 0 Å². The van der Waals surface area contributed by atoms with E-state index in [4.69, 9.17) is 17.3 Å². The van der Waals surface area contributed by atoms with Crippen molar-refractivity contribution in [1.29, 1.82) is 0 Å². The van der Waals surface area contributed by atoms with Crippen LogP contribution in [0.4, 0.5) is 5.69 Å². The van der Waals surface area contributed by atoms with Gasteiger partial charge < -0.3 is 11.1 Å². The van der Waals surface area contributed by atoms with Gasteiger partial charge in [0.1, 0.15) is 0 Å². The van der Waals surface area contributed by atoms with Gasteiger partial charge in [0.2, 0.25) is 11.8 Å². The Morgan fingerprint density at radius 2 is 1.93 bits per heavy atom. The van der Waals surface area contributed by atoms with E-state index < -0.39 is 10.8 Å². The minimum absolute atomic E-state index is 0.0214. The van der Waals surface area contributed by atoms with E-state index in [0.717, 1.165) is 42.7 Å². The molecule has 0 saturated heterocycles. The predicted molar refractivity (Wildman–Crippen MR) is 112 cm³/mol. The van der Waals surface area contributed by atoms with Crippen LogP contribution in [0.15, 0.2) is 47.4 Å². The summed E-state index contributed by atoms with van der Waals surface area (Å²) < 4.78 is 0. The molecule has 0 bridgehead atoms. The summed E-state index contributed by atoms with van der Waals surface area (Å²) in [6.07, 6.45) is 3.22. The van der Waals surface area contributed by atoms with Crippen LogP contribution in [0.25, 0.3) is 0 Å². The highest BCUT2D eigenvalue weighted by atomic mass is 35.5. The lowest BCUT2D eigenvalue weighted by atomic mass is 9.77. The number of nitro benzene ring substituents is 1. The Bertz CT molecular complexity index is 932. The number of thioether (sulfide) groups is 1. The quantitative estimate of drug-likeness (QED) is 0.369. The molecule has 3 N–H and O–H groups in total. The van der Waals surface area contributed by atoms with Crippen LogP contribution in [-0.4, -0.2) is 22.5 Å². The lowest BCUT2D eigenvalue weighted by molar-refractivity contribution is -0.387. The van der Waals surface area contributed by atoms with Crippen molar-refractivity contribution in [3.8, 4) is 0 Å². The summed E-state index contributed by atoms with van der Waals surface area (Å²) in [5, 5.41) is 15.0. The fourth-order valence-electron chi connectivity index (χ4n) is 3.21. The van der Waals surface area contributed by atoms with Gasteiger partial charge in [-0.1, -0.05) is 30.2 Å². The number of carbonyl (C=O) groups excluding carboxylic acids is 2. The monoisotopic (exact) mass is 433 g/mol. The number of hydrogen-bond donors (Lipinski definition) is 2. The van der Waals surface area contributed by atoms with E-state index >= 15 is 0 Å². The third kappa shape index (κ3) is 5.27. The van der Waals surface area contributed by atoms with Crippen molar-refractivity contribution in [2.24, 2.45) is 11.7 Å². The van der Waals surface area contributed by atoms with Crippen LogP contribution in [0.2, 0.25) is 5.02 Å². The molecule has 2 aromatic rings. The molecule has 29 heavy (non-hydrogen) atoms. The zero-order valence-electron chi connectivity index (χ0n) is 15.5. The summed E-state index contributed by atoms with van der Waals surface area (Å²) in [4.78, 5) is 34.8. The standard InChI is InChI=1S/C20H20ClN3O4S/c21-15-7-4-13(5-8-15)19(12-2-1-3-12)23-18(25)11-29-17-9-6-14(20(22)26)10-16(17)24(27)28/h4-10,12,19H,1-3,11H2,(H2,22,26)(H,23,25). The molecule has 0 heterocycles. The van der Waals surface area contributed by atoms with Gasteiger partial charge >= 0.3 is 0 Å². The van der Waals surface area contributed by atoms with Crippen molar-refractivity contribution < 1.29 is 14.5 Å². The maximum Gasteiger partial charge on any atom is 0.283 e. The average molecular weight is 434 g/mol. The van der Waals surface area contributed by atoms with E-state index in [2.05, 4.69) is 5.32 Å². The number of amides is 2. The third-order valence-corrected chi connectivity index (χ3v) is 6.28. The smallest absolute Gasteiger partial charge is 0.283 e. The maximum absolute atomic E-state index is 12.6. The normalized spacial score (nSPS) is 14.7. The van der Waals surface area contributed by atoms with Gasteiger partial charge in [-0.05, 0) is 48.6 Å². The van der Waals surface area contributed by atoms with Gasteiger partial charge in [-0.25, -0.2) is 0 Å². The molecule has 9 heteroatoms. The number of hydrogen-bond acceptors (Lipinski definition) is 5. The lowest BCUT2D eigenvalue weighted by Gasteiger charge is -2.34. The zero-order valence-corrected chi connectivity index (χ0v) is 17.0. The number of nitrogens with zero attached hydrogens (tertiary/aromatic N) is 1. The maximum atomic E-state index is 12.6. The van der Waals surface area contributed by atoms with Crippen molar-refractivity contribution in [3.05, 3.63) is 68.7 Å². The molecule has 0 spiro atoms. The SMILES string of the molecule is NC(=O)c1ccc(SCC(=O)NC(c2ccc(Cl)cc2)C2CCC2)c([N+](=O)[O-])c1. The van der Waals surface area contributed by atoms with Crippen LogP contribution >= 0.6 is 23.4 Å². The number of carbonyl (C=O) groups is 2. The first-order valence-corrected chi connectivity index (χ1v) is 10.5. The molecule has 1 fully saturated rings. The molecule has 152 valence electrons. The Morgan fingerprint density at radius 1 is 1.24 bits per heavy atom. The van der Waals surface area contributed by atoms with E-state index in [-0.39, 0.29) is 29.0 Å². The molecule has 1 unspecified atom stereocenters. The highest BCUT2D eigenvalue weighted by Crippen LogP contribution is 2.38. The molecule has 2 aromatic carbocycles. The molecule has 1 aliphatic carbocycles. The van der Waals surface area contributed by atoms with Gasteiger partial charge in [-0.3, -0.25) is 19.7 Å². The van der Waals surface area contributed by atoms with E-state index in [1.807, 2.05) is 12.1 Å². The van der Waals surface area contributed by atoms with Crippen molar-refractivity contribution in [1.82, 2.24) is 5.32 Å². The number of halogens is 1. The number of nitrogens with one attached hydrogen (secondary N) is 1. The Kier molecular flexibility index (Phi) is 6.76. The molecule has 1 aliphatic rings. The second kappa shape index (κ2) is 9.28. The average Bonchev–Trinajstić information content (AvgIpc) is 2.64. The van der Waals surface area contributed by atoms with Crippen molar-refractivity contribution >= 4 is 40.9 Å². The fourth-order valence-corrected chi connectivity index (χ4v) is 4.15. The summed E-state index contributed by atoms with van der Waals surface area (Å²) in [7, 11) is 0. The molecule has 0 aromatic heterocycles. The van der Waals surface area contributed by atoms with E-state index in [1.165, 1.54) is 12.1 Å². The Hall–Kier alpha value is -2.58. The molecule has 0 radical (unpaired) electrons. The first-order chi connectivity index (χ1) is 13.8. The highest BCUT2D eigenvalue weighted by Gasteiger charge is 2.30. The summed E-state index contributed by atoms with van der Waals surface area (Å²) in [6, 6.07) is 11.3. The van der Waals surface area contributed by atoms with Gasteiger partial charge in [-0.2, -0.15) is 0 Å². The Morgan fingerprint density at radius 3 is 2.48 bits per heavy atom. The molecule has 3 rings (SSSR count). The van der Waals surface area contributed by atoms with E-state index in [9.17, 15) is 19.7 Å². The Labute approximate surface area is 177 Å². The second-order valence-corrected chi connectivity index (χ2v) is 8.33. The summed E-state index contributed by atoms with van der Waals surface area (Å²) >= 11 is 7.02. The first-order valence-electron chi connectivity index (χ1n) is 9.11. The number of rotatable bonds is 8. The fraction of sp³-hybridized carbons (Fsp3) is 0.300. The molecule has 0 aliphatic heterocycles. The summed E-state index contributed by atoms with van der Waals surface area (Å²) in [5.41, 5.74) is 5.99. The third-order valence-electron chi connectivity index (χ3n) is 4.97. The molecular formula is C20H20ClN3O4S. The lowest BCUT2D eigenvalue weighted by Crippen LogP contribution is -2.37. The van der Waals surface area contributed by atoms with Crippen LogP contribution in [0.1, 0.15) is 41.2 Å². The number of nitrogens with two attached hydrogens (primary N) is 1. The minimum Gasteiger partial charge on any atom is -0.366 e. The minimum atomic E-state index is -0.742. The van der Waals surface area contributed by atoms with E-state index in [0.29, 0.717) is 15.8 Å².